The van der Waals surface area contributed by atoms with Crippen molar-refractivity contribution in [2.24, 2.45) is 5.92 Å². The van der Waals surface area contributed by atoms with Gasteiger partial charge in [0.15, 0.2) is 0 Å². The molecule has 2 rings (SSSR count). The fraction of sp³-hybridized carbons (Fsp3) is 0.857. The number of aliphatic hydroxyl groups is 1. The predicted molar refractivity (Wildman–Crippen MR) is 77.5 cm³/mol. The number of hydrogen-bond donors (Lipinski definition) is 2. The van der Waals surface area contributed by atoms with E-state index in [-0.39, 0.29) is 12.6 Å². The maximum atomic E-state index is 9.51. The maximum absolute atomic E-state index is 9.51. The molecule has 0 bridgehead atoms. The van der Waals surface area contributed by atoms with Crippen LogP contribution >= 0.6 is 0 Å². The molecule has 1 fully saturated rings. The molecule has 0 spiro atoms. The van der Waals surface area contributed by atoms with E-state index in [1.54, 1.807) is 0 Å². The van der Waals surface area contributed by atoms with Gasteiger partial charge in [-0.05, 0) is 25.3 Å². The molecule has 1 aliphatic heterocycles. The van der Waals surface area contributed by atoms with Gasteiger partial charge in [-0.1, -0.05) is 31.8 Å². The van der Waals surface area contributed by atoms with Crippen LogP contribution in [0.2, 0.25) is 0 Å². The lowest BCUT2D eigenvalue weighted by atomic mass is 10.1. The third kappa shape index (κ3) is 4.18. The zero-order chi connectivity index (χ0) is 14.4. The predicted octanol–water partition coefficient (Wildman–Crippen LogP) is 1.56. The van der Waals surface area contributed by atoms with Gasteiger partial charge in [-0.25, -0.2) is 0 Å². The molecule has 6 nitrogen and oxygen atoms in total. The van der Waals surface area contributed by atoms with E-state index in [0.717, 1.165) is 32.4 Å². The lowest BCUT2D eigenvalue weighted by Crippen LogP contribution is -2.37. The summed E-state index contributed by atoms with van der Waals surface area (Å²) in [6.45, 7) is 6.88. The van der Waals surface area contributed by atoms with Crippen LogP contribution in [0.5, 0.6) is 0 Å². The van der Waals surface area contributed by atoms with Gasteiger partial charge in [-0.15, -0.1) is 5.10 Å². The first kappa shape index (κ1) is 15.3. The highest BCUT2D eigenvalue weighted by molar-refractivity contribution is 5.27. The third-order valence-corrected chi connectivity index (χ3v) is 3.62. The summed E-state index contributed by atoms with van der Waals surface area (Å²) in [5, 5.41) is 21.0. The highest BCUT2D eigenvalue weighted by Gasteiger charge is 2.24. The van der Waals surface area contributed by atoms with Crippen molar-refractivity contribution < 1.29 is 9.52 Å². The molecule has 1 unspecified atom stereocenters. The highest BCUT2D eigenvalue weighted by atomic mass is 16.4. The van der Waals surface area contributed by atoms with Gasteiger partial charge in [0.2, 0.25) is 5.89 Å². The first-order valence-corrected chi connectivity index (χ1v) is 7.61. The number of anilines is 1. The van der Waals surface area contributed by atoms with Gasteiger partial charge in [-0.3, -0.25) is 0 Å². The lowest BCUT2D eigenvalue weighted by molar-refractivity contribution is 0.250. The van der Waals surface area contributed by atoms with Crippen LogP contribution in [0.1, 0.15) is 45.4 Å². The molecule has 0 saturated carbocycles. The van der Waals surface area contributed by atoms with Crippen LogP contribution in [0.3, 0.4) is 0 Å². The van der Waals surface area contributed by atoms with E-state index in [9.17, 15) is 5.11 Å². The van der Waals surface area contributed by atoms with Crippen molar-refractivity contribution in [2.45, 2.75) is 52.1 Å². The van der Waals surface area contributed by atoms with Crippen LogP contribution in [-0.4, -0.2) is 41.0 Å². The Morgan fingerprint density at radius 2 is 2.20 bits per heavy atom. The van der Waals surface area contributed by atoms with Gasteiger partial charge in [0, 0.05) is 6.54 Å². The van der Waals surface area contributed by atoms with Crippen LogP contribution in [-0.2, 0) is 6.54 Å². The Morgan fingerprint density at radius 3 is 2.95 bits per heavy atom. The summed E-state index contributed by atoms with van der Waals surface area (Å²) < 4.78 is 5.72. The Morgan fingerprint density at radius 1 is 1.35 bits per heavy atom. The molecule has 0 radical (unpaired) electrons. The fourth-order valence-corrected chi connectivity index (χ4v) is 2.52. The summed E-state index contributed by atoms with van der Waals surface area (Å²) in [4.78, 5) is 2.06. The first-order valence-electron chi connectivity index (χ1n) is 7.61. The number of aliphatic hydroxyl groups excluding tert-OH is 1. The smallest absolute Gasteiger partial charge is 0.318 e. The summed E-state index contributed by atoms with van der Waals surface area (Å²) in [6, 6.07) is 0.654. The molecule has 1 aromatic heterocycles. The summed E-state index contributed by atoms with van der Waals surface area (Å²) in [5.74, 6) is 1.21. The minimum atomic E-state index is 0.106. The molecule has 1 aromatic rings. The van der Waals surface area contributed by atoms with Gasteiger partial charge in [0.1, 0.15) is 0 Å². The van der Waals surface area contributed by atoms with Crippen molar-refractivity contribution >= 4 is 6.01 Å². The summed E-state index contributed by atoms with van der Waals surface area (Å²) in [6.07, 6.45) is 4.45. The Hall–Kier alpha value is -1.14. The van der Waals surface area contributed by atoms with Crippen molar-refractivity contribution in [1.82, 2.24) is 15.5 Å². The van der Waals surface area contributed by atoms with Crippen molar-refractivity contribution in [3.63, 3.8) is 0 Å². The second-order valence-electron chi connectivity index (χ2n) is 5.88. The topological polar surface area (TPSA) is 74.4 Å². The molecule has 1 saturated heterocycles. The average molecular weight is 282 g/mol. The second kappa shape index (κ2) is 7.59. The van der Waals surface area contributed by atoms with Crippen LogP contribution in [0.4, 0.5) is 6.01 Å². The van der Waals surface area contributed by atoms with Gasteiger partial charge in [0.25, 0.3) is 0 Å². The molecule has 1 aliphatic rings. The molecule has 114 valence electrons. The Kier molecular flexibility index (Phi) is 5.79. The van der Waals surface area contributed by atoms with E-state index in [4.69, 9.17) is 4.42 Å². The molecule has 2 heterocycles. The molecule has 6 heteroatoms. The normalized spacial score (nSPS) is 20.4. The molecule has 0 aromatic carbocycles. The molecule has 0 aliphatic carbocycles. The van der Waals surface area contributed by atoms with E-state index in [2.05, 4.69) is 34.3 Å². The van der Waals surface area contributed by atoms with Gasteiger partial charge in [-0.2, -0.15) is 0 Å². The number of rotatable bonds is 6. The van der Waals surface area contributed by atoms with Crippen LogP contribution in [0.25, 0.3) is 0 Å². The summed E-state index contributed by atoms with van der Waals surface area (Å²) in [5.41, 5.74) is 0. The van der Waals surface area contributed by atoms with Gasteiger partial charge < -0.3 is 19.7 Å². The van der Waals surface area contributed by atoms with Crippen molar-refractivity contribution in [3.8, 4) is 0 Å². The van der Waals surface area contributed by atoms with Crippen LogP contribution < -0.4 is 10.2 Å². The van der Waals surface area contributed by atoms with Gasteiger partial charge >= 0.3 is 6.01 Å². The highest BCUT2D eigenvalue weighted by Crippen LogP contribution is 2.22. The van der Waals surface area contributed by atoms with Gasteiger partial charge in [0.05, 0.1) is 19.2 Å². The molecule has 1 atom stereocenters. The van der Waals surface area contributed by atoms with E-state index >= 15 is 0 Å². The Bertz CT molecular complexity index is 394. The van der Waals surface area contributed by atoms with Crippen molar-refractivity contribution in [2.75, 3.05) is 24.6 Å². The number of aromatic nitrogens is 2. The van der Waals surface area contributed by atoms with E-state index < -0.39 is 0 Å². The lowest BCUT2D eigenvalue weighted by Gasteiger charge is -2.26. The standard InChI is InChI=1S/C14H26N4O2/c1-11(2)8-15-9-13-16-17-14(20-13)18-7-5-3-4-6-12(18)10-19/h11-12,15,19H,3-10H2,1-2H3. The second-order valence-corrected chi connectivity index (χ2v) is 5.88. The zero-order valence-corrected chi connectivity index (χ0v) is 12.5. The summed E-state index contributed by atoms with van der Waals surface area (Å²) >= 11 is 0. The Balaban J connectivity index is 1.95. The van der Waals surface area contributed by atoms with E-state index in [1.807, 2.05) is 0 Å². The van der Waals surface area contributed by atoms with Crippen molar-refractivity contribution in [3.05, 3.63) is 5.89 Å². The molecule has 0 amide bonds. The van der Waals surface area contributed by atoms with Crippen LogP contribution in [0, 0.1) is 5.92 Å². The molecular formula is C14H26N4O2. The number of nitrogens with zero attached hydrogens (tertiary/aromatic N) is 3. The quantitative estimate of drug-likeness (QED) is 0.825. The Labute approximate surface area is 120 Å². The largest absolute Gasteiger partial charge is 0.407 e. The van der Waals surface area contributed by atoms with E-state index in [1.165, 1.54) is 6.42 Å². The van der Waals surface area contributed by atoms with E-state index in [0.29, 0.717) is 24.4 Å². The first-order chi connectivity index (χ1) is 9.70. The fourth-order valence-electron chi connectivity index (χ4n) is 2.52. The summed E-state index contributed by atoms with van der Waals surface area (Å²) in [7, 11) is 0. The van der Waals surface area contributed by atoms with Crippen molar-refractivity contribution in [1.29, 1.82) is 0 Å². The monoisotopic (exact) mass is 282 g/mol. The zero-order valence-electron chi connectivity index (χ0n) is 12.5. The molecule has 20 heavy (non-hydrogen) atoms. The minimum Gasteiger partial charge on any atom is -0.407 e. The number of hydrogen-bond acceptors (Lipinski definition) is 6. The average Bonchev–Trinajstić information content (AvgIpc) is 2.75. The van der Waals surface area contributed by atoms with Crippen LogP contribution in [0.15, 0.2) is 4.42 Å². The molecule has 2 N–H and O–H groups in total. The number of nitrogens with one attached hydrogen (secondary N) is 1. The maximum Gasteiger partial charge on any atom is 0.318 e. The SMILES string of the molecule is CC(C)CNCc1nnc(N2CCCCCC2CO)o1. The third-order valence-electron chi connectivity index (χ3n) is 3.62. The molecular weight excluding hydrogens is 256 g/mol. The minimum absolute atomic E-state index is 0.106.